The summed E-state index contributed by atoms with van der Waals surface area (Å²) in [5.41, 5.74) is 4.48. The van der Waals surface area contributed by atoms with Crippen LogP contribution in [-0.4, -0.2) is 44.1 Å². The molecule has 0 aromatic carbocycles. The molecule has 0 saturated heterocycles. The smallest absolute Gasteiger partial charge is 0.358 e. The van der Waals surface area contributed by atoms with Gasteiger partial charge in [-0.25, -0.2) is 9.48 Å². The number of carboxylic acid groups (broad SMARTS) is 1. The zero-order valence-electron chi connectivity index (χ0n) is 12.2. The Balaban J connectivity index is 2.52. The third-order valence-corrected chi connectivity index (χ3v) is 3.56. The lowest BCUT2D eigenvalue weighted by Crippen LogP contribution is -2.55. The first-order valence-corrected chi connectivity index (χ1v) is 6.26. The molecule has 0 aliphatic carbocycles. The number of carbonyl (C=O) groups excluding carboxylic acids is 1. The number of nitrogens with zero attached hydrogens (tertiary/aromatic N) is 3. The predicted molar refractivity (Wildman–Crippen MR) is 72.0 cm³/mol. The first-order valence-electron chi connectivity index (χ1n) is 6.26. The van der Waals surface area contributed by atoms with Crippen molar-refractivity contribution < 1.29 is 14.7 Å². The van der Waals surface area contributed by atoms with Gasteiger partial charge in [0.15, 0.2) is 5.69 Å². The summed E-state index contributed by atoms with van der Waals surface area (Å²) in [6.07, 6.45) is 1.31. The van der Waals surface area contributed by atoms with E-state index >= 15 is 0 Å². The van der Waals surface area contributed by atoms with Crippen LogP contribution < -0.4 is 11.1 Å². The summed E-state index contributed by atoms with van der Waals surface area (Å²) in [6.45, 7) is 7.81. The highest BCUT2D eigenvalue weighted by Crippen LogP contribution is 2.28. The fourth-order valence-corrected chi connectivity index (χ4v) is 1.30. The molecular weight excluding hydrogens is 262 g/mol. The summed E-state index contributed by atoms with van der Waals surface area (Å²) >= 11 is 0. The molecule has 20 heavy (non-hydrogen) atoms. The molecular formula is C12H21N5O3. The number of carbonyl (C=O) groups is 2. The lowest BCUT2D eigenvalue weighted by atomic mass is 9.74. The minimum absolute atomic E-state index is 0.125. The van der Waals surface area contributed by atoms with Gasteiger partial charge in [-0.1, -0.05) is 5.21 Å². The molecule has 0 aliphatic heterocycles. The van der Waals surface area contributed by atoms with Crippen LogP contribution in [0.25, 0.3) is 0 Å². The van der Waals surface area contributed by atoms with Crippen molar-refractivity contribution in [3.05, 3.63) is 11.9 Å². The first kappa shape index (κ1) is 16.1. The van der Waals surface area contributed by atoms with Gasteiger partial charge in [-0.05, 0) is 27.7 Å². The topological polar surface area (TPSA) is 123 Å². The van der Waals surface area contributed by atoms with E-state index in [1.807, 2.05) is 0 Å². The van der Waals surface area contributed by atoms with E-state index in [-0.39, 0.29) is 11.6 Å². The Labute approximate surface area is 117 Å². The number of carboxylic acids is 1. The number of amides is 1. The second kappa shape index (κ2) is 5.58. The standard InChI is InChI=1S/C12H21N5O3/c1-11(2,12(3,4)13)10(20)14-5-6-17-7-8(9(18)19)15-16-17/h7H,5-6,13H2,1-4H3,(H,14,20)(H,18,19). The van der Waals surface area contributed by atoms with E-state index in [0.717, 1.165) is 0 Å². The zero-order chi connectivity index (χ0) is 15.6. The van der Waals surface area contributed by atoms with Crippen molar-refractivity contribution in [2.75, 3.05) is 6.54 Å². The van der Waals surface area contributed by atoms with Crippen LogP contribution in [-0.2, 0) is 11.3 Å². The van der Waals surface area contributed by atoms with Crippen molar-refractivity contribution >= 4 is 11.9 Å². The predicted octanol–water partition coefficient (Wildman–Crippen LogP) is -0.144. The fourth-order valence-electron chi connectivity index (χ4n) is 1.30. The third-order valence-electron chi connectivity index (χ3n) is 3.56. The summed E-state index contributed by atoms with van der Waals surface area (Å²) in [7, 11) is 0. The van der Waals surface area contributed by atoms with Crippen LogP contribution in [0, 0.1) is 5.41 Å². The van der Waals surface area contributed by atoms with Crippen molar-refractivity contribution in [1.29, 1.82) is 0 Å². The quantitative estimate of drug-likeness (QED) is 0.667. The normalized spacial score (nSPS) is 12.2. The summed E-state index contributed by atoms with van der Waals surface area (Å²) < 4.78 is 1.37. The molecule has 0 atom stereocenters. The number of nitrogens with two attached hydrogens (primary N) is 1. The van der Waals surface area contributed by atoms with Gasteiger partial charge in [0.05, 0.1) is 18.2 Å². The van der Waals surface area contributed by atoms with E-state index in [1.165, 1.54) is 10.9 Å². The number of hydrogen-bond acceptors (Lipinski definition) is 5. The van der Waals surface area contributed by atoms with E-state index in [9.17, 15) is 9.59 Å². The van der Waals surface area contributed by atoms with Gasteiger partial charge in [-0.15, -0.1) is 5.10 Å². The first-order chi connectivity index (χ1) is 9.05. The summed E-state index contributed by atoms with van der Waals surface area (Å²) in [5.74, 6) is -1.30. The van der Waals surface area contributed by atoms with E-state index in [0.29, 0.717) is 13.1 Å². The minimum atomic E-state index is -1.13. The Bertz CT molecular complexity index is 501. The summed E-state index contributed by atoms with van der Waals surface area (Å²) in [4.78, 5) is 22.7. The molecule has 0 bridgehead atoms. The van der Waals surface area contributed by atoms with Crippen molar-refractivity contribution in [1.82, 2.24) is 20.3 Å². The number of nitrogens with one attached hydrogen (secondary N) is 1. The molecule has 1 amide bonds. The zero-order valence-corrected chi connectivity index (χ0v) is 12.2. The Morgan fingerprint density at radius 2 is 2.00 bits per heavy atom. The second-order valence-electron chi connectivity index (χ2n) is 5.77. The highest BCUT2D eigenvalue weighted by Gasteiger charge is 2.40. The number of hydrogen-bond donors (Lipinski definition) is 3. The van der Waals surface area contributed by atoms with Crippen molar-refractivity contribution in [3.63, 3.8) is 0 Å². The Morgan fingerprint density at radius 3 is 2.45 bits per heavy atom. The SMILES string of the molecule is CC(C)(N)C(C)(C)C(=O)NCCn1cc(C(=O)O)nn1. The summed E-state index contributed by atoms with van der Waals surface area (Å²) in [6, 6.07) is 0. The average molecular weight is 283 g/mol. The summed E-state index contributed by atoms with van der Waals surface area (Å²) in [5, 5.41) is 18.6. The molecule has 0 radical (unpaired) electrons. The molecule has 0 spiro atoms. The molecule has 1 aromatic rings. The van der Waals surface area contributed by atoms with E-state index in [2.05, 4.69) is 15.6 Å². The highest BCUT2D eigenvalue weighted by molar-refractivity contribution is 5.84. The minimum Gasteiger partial charge on any atom is -0.476 e. The van der Waals surface area contributed by atoms with E-state index in [1.54, 1.807) is 27.7 Å². The van der Waals surface area contributed by atoms with Crippen LogP contribution in [0.15, 0.2) is 6.20 Å². The Hall–Kier alpha value is -1.96. The molecule has 8 heteroatoms. The van der Waals surface area contributed by atoms with Gasteiger partial charge in [0.1, 0.15) is 0 Å². The van der Waals surface area contributed by atoms with E-state index in [4.69, 9.17) is 10.8 Å². The van der Waals surface area contributed by atoms with Gasteiger partial charge in [0.2, 0.25) is 5.91 Å². The van der Waals surface area contributed by atoms with Gasteiger partial charge < -0.3 is 16.2 Å². The van der Waals surface area contributed by atoms with Crippen LogP contribution in [0.1, 0.15) is 38.2 Å². The Morgan fingerprint density at radius 1 is 1.40 bits per heavy atom. The van der Waals surface area contributed by atoms with Crippen LogP contribution >= 0.6 is 0 Å². The molecule has 1 rings (SSSR count). The maximum absolute atomic E-state index is 12.1. The molecule has 0 fully saturated rings. The number of aromatic carboxylic acids is 1. The number of aromatic nitrogens is 3. The molecule has 0 saturated carbocycles. The van der Waals surface area contributed by atoms with Crippen LogP contribution in [0.3, 0.4) is 0 Å². The van der Waals surface area contributed by atoms with Crippen LogP contribution in [0.2, 0.25) is 0 Å². The molecule has 4 N–H and O–H groups in total. The van der Waals surface area contributed by atoms with Crippen molar-refractivity contribution in [3.8, 4) is 0 Å². The van der Waals surface area contributed by atoms with Crippen LogP contribution in [0.4, 0.5) is 0 Å². The highest BCUT2D eigenvalue weighted by atomic mass is 16.4. The average Bonchev–Trinajstić information content (AvgIpc) is 2.76. The molecule has 8 nitrogen and oxygen atoms in total. The maximum Gasteiger partial charge on any atom is 0.358 e. The second-order valence-corrected chi connectivity index (χ2v) is 5.77. The van der Waals surface area contributed by atoms with Gasteiger partial charge in [0, 0.05) is 12.1 Å². The Kier molecular flexibility index (Phi) is 4.49. The molecule has 1 heterocycles. The lowest BCUT2D eigenvalue weighted by Gasteiger charge is -2.36. The largest absolute Gasteiger partial charge is 0.476 e. The van der Waals surface area contributed by atoms with Gasteiger partial charge >= 0.3 is 5.97 Å². The monoisotopic (exact) mass is 283 g/mol. The van der Waals surface area contributed by atoms with Crippen LogP contribution in [0.5, 0.6) is 0 Å². The molecule has 112 valence electrons. The molecule has 0 aliphatic rings. The molecule has 1 aromatic heterocycles. The molecule has 0 unspecified atom stereocenters. The van der Waals surface area contributed by atoms with E-state index < -0.39 is 16.9 Å². The van der Waals surface area contributed by atoms with Crippen molar-refractivity contribution in [2.45, 2.75) is 39.8 Å². The lowest BCUT2D eigenvalue weighted by molar-refractivity contribution is -0.132. The third kappa shape index (κ3) is 3.53. The number of rotatable bonds is 6. The van der Waals surface area contributed by atoms with Gasteiger partial charge in [-0.3, -0.25) is 4.79 Å². The fraction of sp³-hybridized carbons (Fsp3) is 0.667. The maximum atomic E-state index is 12.1. The van der Waals surface area contributed by atoms with Gasteiger partial charge in [0.25, 0.3) is 0 Å². The van der Waals surface area contributed by atoms with Gasteiger partial charge in [-0.2, -0.15) is 0 Å². The van der Waals surface area contributed by atoms with Crippen molar-refractivity contribution in [2.24, 2.45) is 11.1 Å².